The molecule has 0 radical (unpaired) electrons. The predicted octanol–water partition coefficient (Wildman–Crippen LogP) is 4.29. The van der Waals surface area contributed by atoms with Gasteiger partial charge in [-0.05, 0) is 60.5 Å². The Morgan fingerprint density at radius 1 is 1.10 bits per heavy atom. The zero-order chi connectivity index (χ0) is 19.9. The second kappa shape index (κ2) is 11.6. The van der Waals surface area contributed by atoms with Crippen molar-refractivity contribution in [2.24, 2.45) is 5.73 Å². The molecule has 0 amide bonds. The van der Waals surface area contributed by atoms with Crippen LogP contribution in [0.4, 0.5) is 11.5 Å². The monoisotopic (exact) mass is 446 g/mol. The van der Waals surface area contributed by atoms with Crippen LogP contribution < -0.4 is 15.8 Å². The number of anilines is 2. The lowest BCUT2D eigenvalue weighted by Gasteiger charge is -2.10. The van der Waals surface area contributed by atoms with Gasteiger partial charge in [0.05, 0.1) is 5.56 Å². The summed E-state index contributed by atoms with van der Waals surface area (Å²) in [4.78, 5) is 15.0. The second-order valence-corrected chi connectivity index (χ2v) is 6.06. The van der Waals surface area contributed by atoms with Crippen LogP contribution in [-0.4, -0.2) is 22.1 Å². The van der Waals surface area contributed by atoms with E-state index in [1.165, 1.54) is 0 Å². The van der Waals surface area contributed by atoms with Gasteiger partial charge in [-0.1, -0.05) is 12.1 Å². The van der Waals surface area contributed by atoms with Crippen molar-refractivity contribution in [1.29, 1.82) is 5.26 Å². The van der Waals surface area contributed by atoms with Gasteiger partial charge >= 0.3 is 5.97 Å². The third-order valence-electron chi connectivity index (χ3n) is 3.98. The molecule has 0 spiro atoms. The molecule has 0 saturated carbocycles. The molecule has 0 unspecified atom stereocenters. The van der Waals surface area contributed by atoms with Crippen LogP contribution >= 0.6 is 24.8 Å². The van der Waals surface area contributed by atoms with Crippen molar-refractivity contribution in [2.45, 2.75) is 12.5 Å². The molecule has 1 atom stereocenters. The lowest BCUT2D eigenvalue weighted by molar-refractivity contribution is -0.138. The number of halogens is 2. The molecule has 2 aromatic carbocycles. The highest BCUT2D eigenvalue weighted by Gasteiger charge is 2.12. The molecule has 0 aliphatic heterocycles. The van der Waals surface area contributed by atoms with Crippen LogP contribution in [0, 0.1) is 11.3 Å². The molecule has 0 aliphatic rings. The molecule has 30 heavy (non-hydrogen) atoms. The third kappa shape index (κ3) is 6.64. The van der Waals surface area contributed by atoms with Gasteiger partial charge in [0.25, 0.3) is 0 Å². The number of aromatic nitrogens is 1. The molecule has 3 rings (SSSR count). The molecule has 9 heteroatoms. The van der Waals surface area contributed by atoms with Crippen LogP contribution in [-0.2, 0) is 11.2 Å². The molecule has 0 saturated heterocycles. The Hall–Kier alpha value is -3.31. The third-order valence-corrected chi connectivity index (χ3v) is 3.98. The quantitative estimate of drug-likeness (QED) is 0.494. The van der Waals surface area contributed by atoms with Gasteiger partial charge in [0.1, 0.15) is 29.4 Å². The standard InChI is InChI=1S/C21H18N4O3.2ClH/c22-13-15-2-1-11-24-20(15)25-16-5-9-18(10-6-16)28-17-7-3-14(4-8-17)12-19(23)21(26)27;;/h1-11,19H,12,23H2,(H,24,25)(H,26,27);2*1H/t19-;;/m0../s1. The highest BCUT2D eigenvalue weighted by Crippen LogP contribution is 2.25. The van der Waals surface area contributed by atoms with Gasteiger partial charge in [-0.25, -0.2) is 4.98 Å². The minimum Gasteiger partial charge on any atom is -0.480 e. The van der Waals surface area contributed by atoms with Gasteiger partial charge in [-0.2, -0.15) is 5.26 Å². The fourth-order valence-corrected chi connectivity index (χ4v) is 2.51. The van der Waals surface area contributed by atoms with Crippen LogP contribution in [0.5, 0.6) is 11.5 Å². The maximum Gasteiger partial charge on any atom is 0.320 e. The number of rotatable bonds is 7. The number of nitrogens with zero attached hydrogens (tertiary/aromatic N) is 2. The van der Waals surface area contributed by atoms with Crippen molar-refractivity contribution < 1.29 is 14.6 Å². The van der Waals surface area contributed by atoms with Crippen LogP contribution in [0.1, 0.15) is 11.1 Å². The number of nitrogens with one attached hydrogen (secondary N) is 1. The predicted molar refractivity (Wildman–Crippen MR) is 119 cm³/mol. The number of pyridine rings is 1. The molecule has 0 bridgehead atoms. The first-order valence-electron chi connectivity index (χ1n) is 8.52. The summed E-state index contributed by atoms with van der Waals surface area (Å²) in [6.45, 7) is 0. The summed E-state index contributed by atoms with van der Waals surface area (Å²) in [6, 6.07) is 18.9. The Labute approximate surface area is 186 Å². The van der Waals surface area contributed by atoms with Crippen molar-refractivity contribution in [2.75, 3.05) is 5.32 Å². The van der Waals surface area contributed by atoms with Gasteiger partial charge in [-0.3, -0.25) is 4.79 Å². The smallest absolute Gasteiger partial charge is 0.320 e. The average molecular weight is 447 g/mol. The van der Waals surface area contributed by atoms with Crippen molar-refractivity contribution in [3.05, 3.63) is 78.0 Å². The summed E-state index contributed by atoms with van der Waals surface area (Å²) < 4.78 is 5.79. The summed E-state index contributed by atoms with van der Waals surface area (Å²) in [5.41, 5.74) is 7.60. The van der Waals surface area contributed by atoms with Gasteiger partial charge < -0.3 is 20.9 Å². The lowest BCUT2D eigenvalue weighted by atomic mass is 10.1. The normalized spacial score (nSPS) is 10.5. The molecule has 1 aromatic heterocycles. The first-order valence-corrected chi connectivity index (χ1v) is 8.52. The minimum atomic E-state index is -1.03. The highest BCUT2D eigenvalue weighted by atomic mass is 35.5. The number of benzene rings is 2. The Bertz CT molecular complexity index is 1010. The summed E-state index contributed by atoms with van der Waals surface area (Å²) in [5.74, 6) is 0.738. The van der Waals surface area contributed by atoms with Crippen LogP contribution in [0.15, 0.2) is 66.9 Å². The minimum absolute atomic E-state index is 0. The SMILES string of the molecule is Cl.Cl.N#Cc1cccnc1Nc1ccc(Oc2ccc(C[C@H](N)C(=O)O)cc2)cc1. The zero-order valence-corrected chi connectivity index (χ0v) is 17.3. The summed E-state index contributed by atoms with van der Waals surface area (Å²) in [7, 11) is 0. The van der Waals surface area contributed by atoms with Crippen molar-refractivity contribution >= 4 is 42.3 Å². The van der Waals surface area contributed by atoms with Gasteiger partial charge in [0, 0.05) is 11.9 Å². The number of nitrogens with two attached hydrogens (primary N) is 1. The Balaban J connectivity index is 0.00000225. The second-order valence-electron chi connectivity index (χ2n) is 6.06. The van der Waals surface area contributed by atoms with Gasteiger partial charge in [-0.15, -0.1) is 24.8 Å². The molecule has 4 N–H and O–H groups in total. The van der Waals surface area contributed by atoms with E-state index in [0.29, 0.717) is 22.9 Å². The van der Waals surface area contributed by atoms with Gasteiger partial charge in [0.15, 0.2) is 0 Å². The molecule has 0 aliphatic carbocycles. The van der Waals surface area contributed by atoms with E-state index >= 15 is 0 Å². The van der Waals surface area contributed by atoms with Crippen LogP contribution in [0.25, 0.3) is 0 Å². The largest absolute Gasteiger partial charge is 0.480 e. The average Bonchev–Trinajstić information content (AvgIpc) is 2.71. The van der Waals surface area contributed by atoms with Crippen molar-refractivity contribution in [3.8, 4) is 17.6 Å². The van der Waals surface area contributed by atoms with Crippen LogP contribution in [0.3, 0.4) is 0 Å². The molecule has 1 heterocycles. The molecular weight excluding hydrogens is 427 g/mol. The first kappa shape index (κ1) is 24.7. The number of carboxylic acids is 1. The molecular formula is C21H20Cl2N4O3. The van der Waals surface area contributed by atoms with Crippen LogP contribution in [0.2, 0.25) is 0 Å². The fraction of sp³-hybridized carbons (Fsp3) is 0.0952. The maximum absolute atomic E-state index is 10.8. The number of carbonyl (C=O) groups is 1. The number of carboxylic acid groups (broad SMARTS) is 1. The number of nitriles is 1. The first-order chi connectivity index (χ1) is 13.5. The number of ether oxygens (including phenoxy) is 1. The Morgan fingerprint density at radius 3 is 2.27 bits per heavy atom. The van der Waals surface area contributed by atoms with E-state index in [1.807, 2.05) is 12.1 Å². The van der Waals surface area contributed by atoms with E-state index in [4.69, 9.17) is 20.8 Å². The highest BCUT2D eigenvalue weighted by molar-refractivity contribution is 5.85. The van der Waals surface area contributed by atoms with Crippen molar-refractivity contribution in [1.82, 2.24) is 4.98 Å². The zero-order valence-electron chi connectivity index (χ0n) is 15.7. The topological polar surface area (TPSA) is 121 Å². The summed E-state index contributed by atoms with van der Waals surface area (Å²) in [5, 5.41) is 21.1. The molecule has 3 aromatic rings. The summed E-state index contributed by atoms with van der Waals surface area (Å²) in [6.07, 6.45) is 1.88. The summed E-state index contributed by atoms with van der Waals surface area (Å²) >= 11 is 0. The number of aliphatic carboxylic acids is 1. The Kier molecular flexibility index (Phi) is 9.59. The molecule has 7 nitrogen and oxygen atoms in total. The van der Waals surface area contributed by atoms with E-state index in [0.717, 1.165) is 11.3 Å². The van der Waals surface area contributed by atoms with E-state index in [2.05, 4.69) is 16.4 Å². The van der Waals surface area contributed by atoms with Crippen molar-refractivity contribution in [3.63, 3.8) is 0 Å². The van der Waals surface area contributed by atoms with E-state index in [1.54, 1.807) is 54.7 Å². The number of hydrogen-bond acceptors (Lipinski definition) is 6. The molecule has 0 fully saturated rings. The lowest BCUT2D eigenvalue weighted by Crippen LogP contribution is -2.32. The molecule has 156 valence electrons. The van der Waals surface area contributed by atoms with E-state index in [-0.39, 0.29) is 31.2 Å². The fourth-order valence-electron chi connectivity index (χ4n) is 2.51. The van der Waals surface area contributed by atoms with E-state index in [9.17, 15) is 4.79 Å². The number of hydrogen-bond donors (Lipinski definition) is 3. The Morgan fingerprint density at radius 2 is 1.70 bits per heavy atom. The van der Waals surface area contributed by atoms with E-state index < -0.39 is 12.0 Å². The van der Waals surface area contributed by atoms with Gasteiger partial charge in [0.2, 0.25) is 0 Å². The maximum atomic E-state index is 10.8.